The van der Waals surface area contributed by atoms with Gasteiger partial charge in [-0.25, -0.2) is 0 Å². The fourth-order valence-electron chi connectivity index (χ4n) is 1.35. The molecule has 18 heavy (non-hydrogen) atoms. The fourth-order valence-corrected chi connectivity index (χ4v) is 1.35. The summed E-state index contributed by atoms with van der Waals surface area (Å²) in [4.78, 5) is 33.8. The molecule has 0 spiro atoms. The first-order chi connectivity index (χ1) is 8.42. The summed E-state index contributed by atoms with van der Waals surface area (Å²) in [5, 5.41) is 2.40. The van der Waals surface area contributed by atoms with Gasteiger partial charge in [-0.3, -0.25) is 14.4 Å². The van der Waals surface area contributed by atoms with Gasteiger partial charge in [0.2, 0.25) is 11.8 Å². The van der Waals surface area contributed by atoms with Crippen molar-refractivity contribution in [3.63, 3.8) is 0 Å². The largest absolute Gasteiger partial charge is 0.466 e. The van der Waals surface area contributed by atoms with Gasteiger partial charge in [-0.15, -0.1) is 0 Å². The highest BCUT2D eigenvalue weighted by Gasteiger charge is 2.24. The second-order valence-corrected chi connectivity index (χ2v) is 3.84. The van der Waals surface area contributed by atoms with Crippen LogP contribution in [0.3, 0.4) is 0 Å². The van der Waals surface area contributed by atoms with Gasteiger partial charge < -0.3 is 20.5 Å². The third-order valence-electron chi connectivity index (χ3n) is 2.23. The number of hydrogen-bond donors (Lipinski definition) is 2. The Morgan fingerprint density at radius 3 is 2.39 bits per heavy atom. The van der Waals surface area contributed by atoms with E-state index in [1.807, 2.05) is 0 Å². The van der Waals surface area contributed by atoms with Crippen LogP contribution in [0.1, 0.15) is 20.3 Å². The highest BCUT2D eigenvalue weighted by Crippen LogP contribution is 2.08. The second kappa shape index (κ2) is 8.46. The molecule has 0 unspecified atom stereocenters. The van der Waals surface area contributed by atoms with Crippen molar-refractivity contribution < 1.29 is 23.9 Å². The minimum Gasteiger partial charge on any atom is -0.466 e. The van der Waals surface area contributed by atoms with Crippen LogP contribution in [-0.2, 0) is 23.9 Å². The molecular weight excluding hydrogens is 240 g/mol. The summed E-state index contributed by atoms with van der Waals surface area (Å²) in [6, 6.07) is -0.910. The van der Waals surface area contributed by atoms with Crippen molar-refractivity contribution in [1.82, 2.24) is 5.32 Å². The molecule has 0 heterocycles. The maximum Gasteiger partial charge on any atom is 0.308 e. The minimum absolute atomic E-state index is 0.101. The standard InChI is InChI=1S/C11H20N2O5/c1-4-18-11(16)7(2)5-8(10(12)15)13-9(14)6-17-3/h7-8H,4-6H2,1-3H3,(H2,12,15)(H,13,14)/t7-,8-/m0/s1. The molecule has 3 N–H and O–H groups in total. The monoisotopic (exact) mass is 260 g/mol. The summed E-state index contributed by atoms with van der Waals surface area (Å²) >= 11 is 0. The number of nitrogens with two attached hydrogens (primary N) is 1. The molecule has 2 amide bonds. The molecule has 0 rings (SSSR count). The first-order valence-electron chi connectivity index (χ1n) is 5.66. The number of amides is 2. The minimum atomic E-state index is -0.910. The summed E-state index contributed by atoms with van der Waals surface area (Å²) in [6.45, 7) is 3.39. The molecule has 0 radical (unpaired) electrons. The SMILES string of the molecule is CCOC(=O)[C@@H](C)C[C@H](NC(=O)COC)C(N)=O. The van der Waals surface area contributed by atoms with E-state index in [4.69, 9.17) is 10.5 Å². The van der Waals surface area contributed by atoms with E-state index in [0.29, 0.717) is 0 Å². The number of carbonyl (C=O) groups excluding carboxylic acids is 3. The Kier molecular flexibility index (Phi) is 7.69. The maximum atomic E-state index is 11.4. The molecule has 2 atom stereocenters. The Labute approximate surface area is 106 Å². The van der Waals surface area contributed by atoms with Gasteiger partial charge in [-0.05, 0) is 13.3 Å². The number of primary amides is 1. The molecule has 7 nitrogen and oxygen atoms in total. The zero-order valence-electron chi connectivity index (χ0n) is 10.9. The molecule has 0 aliphatic heterocycles. The smallest absolute Gasteiger partial charge is 0.308 e. The van der Waals surface area contributed by atoms with E-state index in [2.05, 4.69) is 10.1 Å². The lowest BCUT2D eigenvalue weighted by Gasteiger charge is -2.18. The van der Waals surface area contributed by atoms with Gasteiger partial charge in [0, 0.05) is 7.11 Å². The lowest BCUT2D eigenvalue weighted by Crippen LogP contribution is -2.47. The topological polar surface area (TPSA) is 108 Å². The van der Waals surface area contributed by atoms with Crippen molar-refractivity contribution in [1.29, 1.82) is 0 Å². The van der Waals surface area contributed by atoms with Crippen LogP contribution in [0.2, 0.25) is 0 Å². The third kappa shape index (κ3) is 6.19. The van der Waals surface area contributed by atoms with Crippen molar-refractivity contribution in [3.8, 4) is 0 Å². The Morgan fingerprint density at radius 1 is 1.33 bits per heavy atom. The summed E-state index contributed by atoms with van der Waals surface area (Å²) in [6.07, 6.45) is 0.101. The number of carbonyl (C=O) groups is 3. The van der Waals surface area contributed by atoms with Gasteiger partial charge in [0.1, 0.15) is 12.6 Å². The first-order valence-corrected chi connectivity index (χ1v) is 5.66. The van der Waals surface area contributed by atoms with E-state index in [1.165, 1.54) is 7.11 Å². The Balaban J connectivity index is 4.40. The predicted molar refractivity (Wildman–Crippen MR) is 63.4 cm³/mol. The van der Waals surface area contributed by atoms with Crippen LogP contribution in [0.4, 0.5) is 0 Å². The van der Waals surface area contributed by atoms with Crippen molar-refractivity contribution >= 4 is 17.8 Å². The molecule has 0 aromatic carbocycles. The third-order valence-corrected chi connectivity index (χ3v) is 2.23. The van der Waals surface area contributed by atoms with Crippen LogP contribution < -0.4 is 11.1 Å². The number of ether oxygens (including phenoxy) is 2. The Hall–Kier alpha value is -1.63. The number of nitrogens with one attached hydrogen (secondary N) is 1. The van der Waals surface area contributed by atoms with Crippen LogP contribution in [0.5, 0.6) is 0 Å². The average molecular weight is 260 g/mol. The van der Waals surface area contributed by atoms with Crippen molar-refractivity contribution in [2.45, 2.75) is 26.3 Å². The van der Waals surface area contributed by atoms with Crippen molar-refractivity contribution in [2.75, 3.05) is 20.3 Å². The van der Waals surface area contributed by atoms with Crippen LogP contribution in [0.25, 0.3) is 0 Å². The lowest BCUT2D eigenvalue weighted by atomic mass is 10.0. The van der Waals surface area contributed by atoms with E-state index in [0.717, 1.165) is 0 Å². The highest BCUT2D eigenvalue weighted by atomic mass is 16.5. The van der Waals surface area contributed by atoms with Crippen LogP contribution in [0.15, 0.2) is 0 Å². The average Bonchev–Trinajstić information content (AvgIpc) is 2.28. The molecule has 0 saturated heterocycles. The first kappa shape index (κ1) is 16.4. The second-order valence-electron chi connectivity index (χ2n) is 3.84. The molecule has 0 saturated carbocycles. The number of methoxy groups -OCH3 is 1. The lowest BCUT2D eigenvalue weighted by molar-refractivity contribution is -0.148. The molecule has 0 bridgehead atoms. The maximum absolute atomic E-state index is 11.4. The zero-order chi connectivity index (χ0) is 14.1. The van der Waals surface area contributed by atoms with E-state index in [1.54, 1.807) is 13.8 Å². The van der Waals surface area contributed by atoms with Crippen LogP contribution >= 0.6 is 0 Å². The summed E-state index contributed by atoms with van der Waals surface area (Å²) in [5.74, 6) is -2.11. The molecule has 0 aliphatic carbocycles. The van der Waals surface area contributed by atoms with Gasteiger partial charge in [-0.2, -0.15) is 0 Å². The van der Waals surface area contributed by atoms with Crippen molar-refractivity contribution in [2.24, 2.45) is 11.7 Å². The van der Waals surface area contributed by atoms with E-state index >= 15 is 0 Å². The number of hydrogen-bond acceptors (Lipinski definition) is 5. The van der Waals surface area contributed by atoms with Gasteiger partial charge in [-0.1, -0.05) is 6.92 Å². The van der Waals surface area contributed by atoms with Crippen LogP contribution in [-0.4, -0.2) is 44.1 Å². The van der Waals surface area contributed by atoms with Gasteiger partial charge in [0.15, 0.2) is 0 Å². The fraction of sp³-hybridized carbons (Fsp3) is 0.727. The summed E-state index contributed by atoms with van der Waals surface area (Å²) in [7, 11) is 1.36. The van der Waals surface area contributed by atoms with E-state index in [9.17, 15) is 14.4 Å². The summed E-state index contributed by atoms with van der Waals surface area (Å²) in [5.41, 5.74) is 5.16. The zero-order valence-corrected chi connectivity index (χ0v) is 10.9. The molecule has 0 aliphatic rings. The van der Waals surface area contributed by atoms with Gasteiger partial charge >= 0.3 is 5.97 Å². The molecule has 0 aromatic rings. The van der Waals surface area contributed by atoms with Gasteiger partial charge in [0.05, 0.1) is 12.5 Å². The molecular formula is C11H20N2O5. The quantitative estimate of drug-likeness (QED) is 0.555. The molecule has 104 valence electrons. The summed E-state index contributed by atoms with van der Waals surface area (Å²) < 4.78 is 9.43. The van der Waals surface area contributed by atoms with E-state index in [-0.39, 0.29) is 19.6 Å². The Bertz CT molecular complexity index is 306. The normalized spacial score (nSPS) is 13.5. The van der Waals surface area contributed by atoms with Crippen LogP contribution in [0, 0.1) is 5.92 Å². The molecule has 7 heteroatoms. The Morgan fingerprint density at radius 2 is 1.94 bits per heavy atom. The molecule has 0 fully saturated rings. The molecule has 0 aromatic heterocycles. The van der Waals surface area contributed by atoms with Gasteiger partial charge in [0.25, 0.3) is 0 Å². The highest BCUT2D eigenvalue weighted by molar-refractivity contribution is 5.87. The number of esters is 1. The van der Waals surface area contributed by atoms with E-state index < -0.39 is 29.7 Å². The predicted octanol–water partition coefficient (Wildman–Crippen LogP) is -0.808. The number of rotatable bonds is 8. The van der Waals surface area contributed by atoms with Crippen molar-refractivity contribution in [3.05, 3.63) is 0 Å².